The quantitative estimate of drug-likeness (QED) is 0.907. The SMILES string of the molecule is Cc1noc(C)c1CN1C[C@@H]2CC[C@H](C1)N(C(=O)c1ncccc1O)C2. The lowest BCUT2D eigenvalue weighted by Gasteiger charge is -2.36. The van der Waals surface area contributed by atoms with Crippen LogP contribution in [0.1, 0.15) is 40.3 Å². The van der Waals surface area contributed by atoms with Crippen LogP contribution in [0.25, 0.3) is 0 Å². The monoisotopic (exact) mass is 356 g/mol. The molecule has 3 saturated heterocycles. The zero-order valence-electron chi connectivity index (χ0n) is 15.2. The third-order valence-electron chi connectivity index (χ3n) is 5.60. The van der Waals surface area contributed by atoms with Crippen LogP contribution in [0.3, 0.4) is 0 Å². The van der Waals surface area contributed by atoms with Gasteiger partial charge in [-0.25, -0.2) is 4.98 Å². The molecule has 0 aliphatic carbocycles. The van der Waals surface area contributed by atoms with Gasteiger partial charge >= 0.3 is 0 Å². The number of aromatic hydroxyl groups is 1. The van der Waals surface area contributed by atoms with Gasteiger partial charge in [0.15, 0.2) is 5.69 Å². The molecule has 5 rings (SSSR count). The van der Waals surface area contributed by atoms with E-state index in [4.69, 9.17) is 4.52 Å². The fourth-order valence-electron chi connectivity index (χ4n) is 4.21. The summed E-state index contributed by atoms with van der Waals surface area (Å²) in [5, 5.41) is 14.0. The smallest absolute Gasteiger partial charge is 0.276 e. The van der Waals surface area contributed by atoms with Gasteiger partial charge in [-0.2, -0.15) is 0 Å². The minimum atomic E-state index is -0.169. The minimum absolute atomic E-state index is 0.0507. The van der Waals surface area contributed by atoms with Crippen molar-refractivity contribution in [3.05, 3.63) is 41.0 Å². The number of carbonyl (C=O) groups is 1. The summed E-state index contributed by atoms with van der Waals surface area (Å²) in [6, 6.07) is 3.29. The number of nitrogens with zero attached hydrogens (tertiary/aromatic N) is 4. The fraction of sp³-hybridized carbons (Fsp3) is 0.526. The molecule has 2 atom stereocenters. The number of piperidine rings is 1. The number of carbonyl (C=O) groups excluding carboxylic acids is 1. The summed E-state index contributed by atoms with van der Waals surface area (Å²) in [5.74, 6) is 1.08. The van der Waals surface area contributed by atoms with Crippen molar-refractivity contribution in [1.29, 1.82) is 0 Å². The summed E-state index contributed by atoms with van der Waals surface area (Å²) in [6.07, 6.45) is 3.66. The number of pyridine rings is 1. The second kappa shape index (κ2) is 6.72. The van der Waals surface area contributed by atoms with E-state index < -0.39 is 0 Å². The van der Waals surface area contributed by atoms with Crippen molar-refractivity contribution in [2.24, 2.45) is 5.92 Å². The van der Waals surface area contributed by atoms with Crippen molar-refractivity contribution in [2.45, 2.75) is 39.3 Å². The van der Waals surface area contributed by atoms with Crippen LogP contribution in [0.4, 0.5) is 0 Å². The molecule has 0 aromatic carbocycles. The lowest BCUT2D eigenvalue weighted by atomic mass is 9.94. The molecule has 7 nitrogen and oxygen atoms in total. The molecule has 2 aromatic heterocycles. The maximum absolute atomic E-state index is 13.0. The first kappa shape index (κ1) is 17.0. The summed E-state index contributed by atoms with van der Waals surface area (Å²) in [4.78, 5) is 21.4. The van der Waals surface area contributed by atoms with E-state index in [1.54, 1.807) is 12.3 Å². The standard InChI is InChI=1S/C19H24N4O3/c1-12-16(13(2)26-21-12)11-22-8-14-5-6-15(10-22)23(9-14)19(25)18-17(24)4-3-7-20-18/h3-4,7,14-15,24H,5-6,8-11H2,1-2H3/t14-,15+/m0/s1. The van der Waals surface area contributed by atoms with Crippen LogP contribution in [0.5, 0.6) is 5.75 Å². The summed E-state index contributed by atoms with van der Waals surface area (Å²) in [7, 11) is 0. The highest BCUT2D eigenvalue weighted by atomic mass is 16.5. The summed E-state index contributed by atoms with van der Waals surface area (Å²) in [6.45, 7) is 7.21. The molecular formula is C19H24N4O3. The fourth-order valence-corrected chi connectivity index (χ4v) is 4.21. The van der Waals surface area contributed by atoms with E-state index >= 15 is 0 Å². The molecule has 138 valence electrons. The Bertz CT molecular complexity index is 799. The molecule has 2 bridgehead atoms. The Labute approximate surface area is 152 Å². The third-order valence-corrected chi connectivity index (χ3v) is 5.60. The Balaban J connectivity index is 1.53. The average Bonchev–Trinajstić information content (AvgIpc) is 2.82. The first-order valence-corrected chi connectivity index (χ1v) is 9.12. The molecule has 0 spiro atoms. The average molecular weight is 356 g/mol. The summed E-state index contributed by atoms with van der Waals surface area (Å²) >= 11 is 0. The van der Waals surface area contributed by atoms with Crippen LogP contribution in [0.2, 0.25) is 0 Å². The van der Waals surface area contributed by atoms with Gasteiger partial charge in [0.05, 0.1) is 5.69 Å². The van der Waals surface area contributed by atoms with Crippen molar-refractivity contribution in [3.8, 4) is 5.75 Å². The van der Waals surface area contributed by atoms with Crippen LogP contribution in [0.15, 0.2) is 22.9 Å². The predicted octanol–water partition coefficient (Wildman–Crippen LogP) is 2.13. The van der Waals surface area contributed by atoms with Gasteiger partial charge in [-0.15, -0.1) is 0 Å². The van der Waals surface area contributed by atoms with Crippen LogP contribution in [-0.4, -0.2) is 56.6 Å². The molecule has 1 amide bonds. The molecule has 5 heterocycles. The number of amides is 1. The molecule has 26 heavy (non-hydrogen) atoms. The number of fused-ring (bicyclic) bond motifs is 4. The molecule has 2 aromatic rings. The van der Waals surface area contributed by atoms with Crippen molar-refractivity contribution in [1.82, 2.24) is 19.9 Å². The normalized spacial score (nSPS) is 23.2. The van der Waals surface area contributed by atoms with Crippen LogP contribution in [0, 0.1) is 19.8 Å². The zero-order chi connectivity index (χ0) is 18.3. The largest absolute Gasteiger partial charge is 0.505 e. The van der Waals surface area contributed by atoms with Gasteiger partial charge in [0.2, 0.25) is 0 Å². The van der Waals surface area contributed by atoms with Gasteiger partial charge < -0.3 is 14.5 Å². The zero-order valence-corrected chi connectivity index (χ0v) is 15.2. The van der Waals surface area contributed by atoms with E-state index in [2.05, 4.69) is 15.0 Å². The number of hydrogen-bond acceptors (Lipinski definition) is 6. The van der Waals surface area contributed by atoms with Gasteiger partial charge in [-0.05, 0) is 44.7 Å². The van der Waals surface area contributed by atoms with E-state index in [9.17, 15) is 9.90 Å². The second-order valence-corrected chi connectivity index (χ2v) is 7.42. The number of hydrogen-bond donors (Lipinski definition) is 1. The van der Waals surface area contributed by atoms with Gasteiger partial charge in [0, 0.05) is 44.0 Å². The van der Waals surface area contributed by atoms with E-state index in [0.29, 0.717) is 5.92 Å². The van der Waals surface area contributed by atoms with E-state index in [0.717, 1.165) is 56.0 Å². The summed E-state index contributed by atoms with van der Waals surface area (Å²) in [5.41, 5.74) is 2.23. The predicted molar refractivity (Wildman–Crippen MR) is 94.7 cm³/mol. The Morgan fingerprint density at radius 2 is 2.15 bits per heavy atom. The molecule has 0 saturated carbocycles. The molecular weight excluding hydrogens is 332 g/mol. The van der Waals surface area contributed by atoms with Crippen molar-refractivity contribution in [3.63, 3.8) is 0 Å². The van der Waals surface area contributed by atoms with Crippen molar-refractivity contribution < 1.29 is 14.4 Å². The van der Waals surface area contributed by atoms with Crippen molar-refractivity contribution in [2.75, 3.05) is 19.6 Å². The van der Waals surface area contributed by atoms with Crippen molar-refractivity contribution >= 4 is 5.91 Å². The van der Waals surface area contributed by atoms with E-state index in [1.807, 2.05) is 18.7 Å². The highest BCUT2D eigenvalue weighted by Crippen LogP contribution is 2.31. The third kappa shape index (κ3) is 3.07. The molecule has 1 N–H and O–H groups in total. The number of rotatable bonds is 3. The topological polar surface area (TPSA) is 82.7 Å². The van der Waals surface area contributed by atoms with E-state index in [-0.39, 0.29) is 23.4 Å². The Morgan fingerprint density at radius 3 is 2.88 bits per heavy atom. The molecule has 3 fully saturated rings. The molecule has 7 heteroatoms. The summed E-state index contributed by atoms with van der Waals surface area (Å²) < 4.78 is 5.29. The highest BCUT2D eigenvalue weighted by molar-refractivity contribution is 5.95. The Morgan fingerprint density at radius 1 is 1.31 bits per heavy atom. The Hall–Kier alpha value is -2.41. The van der Waals surface area contributed by atoms with Crippen LogP contribution >= 0.6 is 0 Å². The van der Waals surface area contributed by atoms with Crippen LogP contribution < -0.4 is 0 Å². The maximum Gasteiger partial charge on any atom is 0.276 e. The molecule has 0 unspecified atom stereocenters. The highest BCUT2D eigenvalue weighted by Gasteiger charge is 2.38. The van der Waals surface area contributed by atoms with Gasteiger partial charge in [0.1, 0.15) is 11.5 Å². The molecule has 3 aliphatic rings. The Kier molecular flexibility index (Phi) is 4.40. The molecule has 0 radical (unpaired) electrons. The molecule has 3 aliphatic heterocycles. The first-order chi connectivity index (χ1) is 12.5. The lowest BCUT2D eigenvalue weighted by molar-refractivity contribution is 0.0575. The second-order valence-electron chi connectivity index (χ2n) is 7.42. The minimum Gasteiger partial charge on any atom is -0.505 e. The van der Waals surface area contributed by atoms with Gasteiger partial charge in [-0.3, -0.25) is 9.69 Å². The van der Waals surface area contributed by atoms with Gasteiger partial charge in [0.25, 0.3) is 5.91 Å². The van der Waals surface area contributed by atoms with Gasteiger partial charge in [-0.1, -0.05) is 5.16 Å². The van der Waals surface area contributed by atoms with Crippen LogP contribution in [-0.2, 0) is 6.54 Å². The first-order valence-electron chi connectivity index (χ1n) is 9.12. The number of aromatic nitrogens is 2. The van der Waals surface area contributed by atoms with E-state index in [1.165, 1.54) is 6.07 Å². The lowest BCUT2D eigenvalue weighted by Crippen LogP contribution is -2.47. The number of aryl methyl sites for hydroxylation is 2. The maximum atomic E-state index is 13.0.